The first kappa shape index (κ1) is 17.6. The molecule has 0 radical (unpaired) electrons. The number of rotatable bonds is 3. The van der Waals surface area contributed by atoms with Crippen LogP contribution in [0.4, 0.5) is 5.69 Å². The maximum absolute atomic E-state index is 12.2. The lowest BCUT2D eigenvalue weighted by molar-refractivity contribution is -0.116. The molecule has 2 heterocycles. The van der Waals surface area contributed by atoms with E-state index < -0.39 is 0 Å². The molecule has 3 N–H and O–H groups in total. The van der Waals surface area contributed by atoms with Gasteiger partial charge in [0.2, 0.25) is 11.0 Å². The molecule has 10 heteroatoms. The van der Waals surface area contributed by atoms with Crippen molar-refractivity contribution >= 4 is 52.1 Å². The average Bonchev–Trinajstić information content (AvgIpc) is 2.91. The van der Waals surface area contributed by atoms with Crippen molar-refractivity contribution < 1.29 is 4.79 Å². The van der Waals surface area contributed by atoms with Crippen molar-refractivity contribution in [1.29, 1.82) is 0 Å². The van der Waals surface area contributed by atoms with Crippen LogP contribution >= 0.6 is 35.4 Å². The molecule has 1 amide bonds. The number of hydrazine groups is 1. The number of benzene rings is 1. The highest BCUT2D eigenvalue weighted by atomic mass is 35.5. The fourth-order valence-corrected chi connectivity index (χ4v) is 2.60. The maximum atomic E-state index is 12.2. The summed E-state index contributed by atoms with van der Waals surface area (Å²) in [5.74, 6) is 5.97. The van der Waals surface area contributed by atoms with Crippen LogP contribution in [0.1, 0.15) is 0 Å². The van der Waals surface area contributed by atoms with E-state index in [-0.39, 0.29) is 17.6 Å². The van der Waals surface area contributed by atoms with Gasteiger partial charge in [-0.2, -0.15) is 0 Å². The van der Waals surface area contributed by atoms with Gasteiger partial charge in [-0.1, -0.05) is 23.2 Å². The van der Waals surface area contributed by atoms with Crippen molar-refractivity contribution in [3.05, 3.63) is 64.2 Å². The molecule has 0 fully saturated rings. The quantitative estimate of drug-likeness (QED) is 0.605. The summed E-state index contributed by atoms with van der Waals surface area (Å²) in [6, 6.07) is 4.87. The summed E-state index contributed by atoms with van der Waals surface area (Å²) < 4.78 is 0. The van der Waals surface area contributed by atoms with Crippen molar-refractivity contribution in [3.8, 4) is 0 Å². The first-order valence-corrected chi connectivity index (χ1v) is 8.22. The van der Waals surface area contributed by atoms with Crippen molar-refractivity contribution in [2.75, 3.05) is 11.9 Å². The molecule has 7 nitrogen and oxygen atoms in total. The SMILES string of the molecule is NN1C(=S)N=NC1=C1C=CN(CC(=O)Nc2cc(Cl)ccc2Cl)C=C1. The first-order valence-electron chi connectivity index (χ1n) is 7.06. The summed E-state index contributed by atoms with van der Waals surface area (Å²) in [6.45, 7) is 0.102. The lowest BCUT2D eigenvalue weighted by atomic mass is 10.2. The van der Waals surface area contributed by atoms with Crippen molar-refractivity contribution in [2.24, 2.45) is 16.1 Å². The van der Waals surface area contributed by atoms with Gasteiger partial charge < -0.3 is 10.2 Å². The Morgan fingerprint density at radius 1 is 1.24 bits per heavy atom. The standard InChI is InChI=1S/C15H12Cl2N6OS/c16-10-1-2-11(17)12(7-10)19-13(24)8-22-5-3-9(4-6-22)14-20-21-15(25)23(14)18/h1-7H,8,18H2,(H,19,24). The summed E-state index contributed by atoms with van der Waals surface area (Å²) in [5, 5.41) is 12.7. The van der Waals surface area contributed by atoms with Gasteiger partial charge in [0.05, 0.1) is 10.7 Å². The molecule has 128 valence electrons. The largest absolute Gasteiger partial charge is 0.345 e. The van der Waals surface area contributed by atoms with Gasteiger partial charge >= 0.3 is 0 Å². The second-order valence-electron chi connectivity index (χ2n) is 5.11. The summed E-state index contributed by atoms with van der Waals surface area (Å²) >= 11 is 16.9. The van der Waals surface area contributed by atoms with E-state index in [1.807, 2.05) is 0 Å². The number of anilines is 1. The topological polar surface area (TPSA) is 86.3 Å². The van der Waals surface area contributed by atoms with E-state index in [0.29, 0.717) is 21.6 Å². The van der Waals surface area contributed by atoms with E-state index in [4.69, 9.17) is 41.3 Å². The lowest BCUT2D eigenvalue weighted by Crippen LogP contribution is -2.31. The fraction of sp³-hybridized carbons (Fsp3) is 0.0667. The highest BCUT2D eigenvalue weighted by Crippen LogP contribution is 2.25. The van der Waals surface area contributed by atoms with Crippen LogP contribution in [0.3, 0.4) is 0 Å². The summed E-state index contributed by atoms with van der Waals surface area (Å²) in [5.41, 5.74) is 1.20. The molecule has 3 rings (SSSR count). The zero-order valence-electron chi connectivity index (χ0n) is 12.7. The molecular formula is C15H12Cl2N6OS. The zero-order valence-corrected chi connectivity index (χ0v) is 15.0. The van der Waals surface area contributed by atoms with Gasteiger partial charge in [-0.3, -0.25) is 4.79 Å². The Kier molecular flexibility index (Phi) is 5.14. The first-order chi connectivity index (χ1) is 11.9. The third-order valence-electron chi connectivity index (χ3n) is 3.34. The summed E-state index contributed by atoms with van der Waals surface area (Å²) in [4.78, 5) is 13.9. The number of amides is 1. The number of halogens is 2. The molecule has 0 aliphatic carbocycles. The molecule has 2 aliphatic rings. The number of hydrogen-bond donors (Lipinski definition) is 2. The van der Waals surface area contributed by atoms with Gasteiger partial charge in [0, 0.05) is 23.0 Å². The summed E-state index contributed by atoms with van der Waals surface area (Å²) in [7, 11) is 0. The Hall–Kier alpha value is -2.26. The normalized spacial score (nSPS) is 16.2. The number of azo groups is 1. The Balaban J connectivity index is 1.63. The molecule has 0 aromatic heterocycles. The minimum Gasteiger partial charge on any atom is -0.345 e. The number of carbonyl (C=O) groups is 1. The number of allylic oxidation sites excluding steroid dienone is 3. The number of nitrogens with zero attached hydrogens (tertiary/aromatic N) is 4. The second-order valence-corrected chi connectivity index (χ2v) is 6.32. The molecule has 0 saturated carbocycles. The van der Waals surface area contributed by atoms with Crippen LogP contribution in [0, 0.1) is 0 Å². The Morgan fingerprint density at radius 2 is 1.96 bits per heavy atom. The van der Waals surface area contributed by atoms with Crippen molar-refractivity contribution in [3.63, 3.8) is 0 Å². The third-order valence-corrected chi connectivity index (χ3v) is 4.19. The second kappa shape index (κ2) is 7.32. The van der Waals surface area contributed by atoms with E-state index >= 15 is 0 Å². The van der Waals surface area contributed by atoms with Crippen LogP contribution in [-0.2, 0) is 4.79 Å². The van der Waals surface area contributed by atoms with E-state index in [1.165, 1.54) is 5.01 Å². The molecule has 0 unspecified atom stereocenters. The lowest BCUT2D eigenvalue weighted by Gasteiger charge is -2.19. The molecule has 0 bridgehead atoms. The Morgan fingerprint density at radius 3 is 2.60 bits per heavy atom. The molecule has 25 heavy (non-hydrogen) atoms. The third kappa shape index (κ3) is 4.05. The smallest absolute Gasteiger partial charge is 0.244 e. The minimum absolute atomic E-state index is 0.102. The minimum atomic E-state index is -0.239. The fourth-order valence-electron chi connectivity index (χ4n) is 2.13. The zero-order chi connectivity index (χ0) is 18.0. The molecule has 1 aromatic rings. The van der Waals surface area contributed by atoms with Crippen LogP contribution in [-0.4, -0.2) is 27.5 Å². The van der Waals surface area contributed by atoms with Gasteiger partial charge in [0.15, 0.2) is 5.82 Å². The van der Waals surface area contributed by atoms with E-state index in [0.717, 1.165) is 5.57 Å². The van der Waals surface area contributed by atoms with Gasteiger partial charge in [-0.25, -0.2) is 10.9 Å². The van der Waals surface area contributed by atoms with Gasteiger partial charge in [0.25, 0.3) is 0 Å². The van der Waals surface area contributed by atoms with Gasteiger partial charge in [-0.05, 0) is 42.6 Å². The average molecular weight is 395 g/mol. The predicted octanol–water partition coefficient (Wildman–Crippen LogP) is 3.41. The van der Waals surface area contributed by atoms with Crippen molar-refractivity contribution in [1.82, 2.24) is 9.91 Å². The summed E-state index contributed by atoms with van der Waals surface area (Å²) in [6.07, 6.45) is 6.99. The number of nitrogens with one attached hydrogen (secondary N) is 1. The van der Waals surface area contributed by atoms with E-state index in [2.05, 4.69) is 15.5 Å². The monoisotopic (exact) mass is 394 g/mol. The highest BCUT2D eigenvalue weighted by Gasteiger charge is 2.20. The number of hydrogen-bond acceptors (Lipinski definition) is 5. The predicted molar refractivity (Wildman–Crippen MR) is 101 cm³/mol. The van der Waals surface area contributed by atoms with Gasteiger partial charge in [-0.15, -0.1) is 10.2 Å². The molecular weight excluding hydrogens is 383 g/mol. The maximum Gasteiger partial charge on any atom is 0.244 e. The van der Waals surface area contributed by atoms with Crippen LogP contribution < -0.4 is 11.2 Å². The molecule has 1 aromatic carbocycles. The molecule has 2 aliphatic heterocycles. The molecule has 0 spiro atoms. The Bertz CT molecular complexity index is 848. The molecule has 0 saturated heterocycles. The van der Waals surface area contributed by atoms with Crippen LogP contribution in [0.2, 0.25) is 10.0 Å². The van der Waals surface area contributed by atoms with Gasteiger partial charge in [0.1, 0.15) is 6.54 Å². The molecule has 0 atom stereocenters. The number of thiocarbonyl (C=S) groups is 1. The van der Waals surface area contributed by atoms with Crippen LogP contribution in [0.5, 0.6) is 0 Å². The van der Waals surface area contributed by atoms with Crippen LogP contribution in [0.25, 0.3) is 0 Å². The van der Waals surface area contributed by atoms with E-state index in [1.54, 1.807) is 47.7 Å². The number of carbonyl (C=O) groups excluding carboxylic acids is 1. The highest BCUT2D eigenvalue weighted by molar-refractivity contribution is 7.80. The Labute approximate surface area is 159 Å². The number of nitrogens with two attached hydrogens (primary N) is 1. The van der Waals surface area contributed by atoms with E-state index in [9.17, 15) is 4.79 Å². The van der Waals surface area contributed by atoms with Crippen molar-refractivity contribution in [2.45, 2.75) is 0 Å². The van der Waals surface area contributed by atoms with Crippen LogP contribution in [0.15, 0.2) is 64.4 Å².